The van der Waals surface area contributed by atoms with Gasteiger partial charge in [-0.25, -0.2) is 0 Å². The molecular formula is C16H31N3O. The zero-order valence-electron chi connectivity index (χ0n) is 13.4. The fourth-order valence-electron chi connectivity index (χ4n) is 3.77. The highest BCUT2D eigenvalue weighted by Gasteiger charge is 2.42. The predicted octanol–water partition coefficient (Wildman–Crippen LogP) is 1.76. The standard InChI is InChI=1S/C16H31N3O/c1-4-6-15(9-11-17-12-10-15)14(20)18-13-16(19(2)3)7-5-8-16/h17H,4-13H2,1-3H3,(H,18,20). The van der Waals surface area contributed by atoms with E-state index >= 15 is 0 Å². The highest BCUT2D eigenvalue weighted by Crippen LogP contribution is 2.37. The normalized spacial score (nSPS) is 24.2. The van der Waals surface area contributed by atoms with Crippen LogP contribution in [0.2, 0.25) is 0 Å². The first kappa shape index (κ1) is 15.8. The van der Waals surface area contributed by atoms with Gasteiger partial charge in [0.25, 0.3) is 0 Å². The second kappa shape index (κ2) is 6.44. The monoisotopic (exact) mass is 281 g/mol. The smallest absolute Gasteiger partial charge is 0.226 e. The maximum Gasteiger partial charge on any atom is 0.226 e. The van der Waals surface area contributed by atoms with Crippen molar-refractivity contribution in [1.29, 1.82) is 0 Å². The van der Waals surface area contributed by atoms with Crippen molar-refractivity contribution in [3.8, 4) is 0 Å². The van der Waals surface area contributed by atoms with Crippen LogP contribution in [0, 0.1) is 5.41 Å². The summed E-state index contributed by atoms with van der Waals surface area (Å²) in [6, 6.07) is 0. The number of carbonyl (C=O) groups excluding carboxylic acids is 1. The molecule has 0 spiro atoms. The van der Waals surface area contributed by atoms with Gasteiger partial charge in [-0.1, -0.05) is 13.3 Å². The number of nitrogens with zero attached hydrogens (tertiary/aromatic N) is 1. The molecule has 0 unspecified atom stereocenters. The Kier molecular flexibility index (Phi) is 5.08. The van der Waals surface area contributed by atoms with Gasteiger partial charge in [0, 0.05) is 12.1 Å². The lowest BCUT2D eigenvalue weighted by atomic mass is 9.73. The van der Waals surface area contributed by atoms with E-state index in [-0.39, 0.29) is 11.0 Å². The highest BCUT2D eigenvalue weighted by molar-refractivity contribution is 5.82. The van der Waals surface area contributed by atoms with E-state index in [9.17, 15) is 4.79 Å². The van der Waals surface area contributed by atoms with Crippen LogP contribution in [0.1, 0.15) is 51.9 Å². The van der Waals surface area contributed by atoms with Gasteiger partial charge in [-0.2, -0.15) is 0 Å². The van der Waals surface area contributed by atoms with E-state index in [1.54, 1.807) is 0 Å². The van der Waals surface area contributed by atoms with E-state index in [0.717, 1.165) is 45.3 Å². The quantitative estimate of drug-likeness (QED) is 0.780. The molecule has 1 aliphatic heterocycles. The molecule has 0 bridgehead atoms. The zero-order chi connectivity index (χ0) is 14.6. The minimum atomic E-state index is -0.114. The summed E-state index contributed by atoms with van der Waals surface area (Å²) >= 11 is 0. The molecule has 4 nitrogen and oxygen atoms in total. The molecule has 1 aliphatic carbocycles. The van der Waals surface area contributed by atoms with E-state index in [1.165, 1.54) is 19.3 Å². The summed E-state index contributed by atoms with van der Waals surface area (Å²) in [5.41, 5.74) is 0.104. The van der Waals surface area contributed by atoms with Crippen LogP contribution in [0.4, 0.5) is 0 Å². The van der Waals surface area contributed by atoms with Gasteiger partial charge < -0.3 is 15.5 Å². The van der Waals surface area contributed by atoms with Gasteiger partial charge in [0.15, 0.2) is 0 Å². The number of carbonyl (C=O) groups is 1. The Labute approximate surface area is 123 Å². The fraction of sp³-hybridized carbons (Fsp3) is 0.938. The molecule has 2 N–H and O–H groups in total. The molecule has 116 valence electrons. The van der Waals surface area contributed by atoms with Crippen LogP contribution >= 0.6 is 0 Å². The van der Waals surface area contributed by atoms with Crippen molar-refractivity contribution >= 4 is 5.91 Å². The lowest BCUT2D eigenvalue weighted by Gasteiger charge is -2.48. The van der Waals surface area contributed by atoms with Gasteiger partial charge in [0.2, 0.25) is 5.91 Å². The van der Waals surface area contributed by atoms with Gasteiger partial charge in [-0.05, 0) is 65.7 Å². The number of amides is 1. The Hall–Kier alpha value is -0.610. The van der Waals surface area contributed by atoms with E-state index in [0.29, 0.717) is 5.91 Å². The van der Waals surface area contributed by atoms with Crippen molar-refractivity contribution in [2.75, 3.05) is 33.7 Å². The summed E-state index contributed by atoms with van der Waals surface area (Å²) in [4.78, 5) is 15.1. The Bertz CT molecular complexity index is 325. The number of rotatable bonds is 6. The van der Waals surface area contributed by atoms with Crippen LogP contribution in [0.3, 0.4) is 0 Å². The largest absolute Gasteiger partial charge is 0.354 e. The van der Waals surface area contributed by atoms with Gasteiger partial charge in [-0.15, -0.1) is 0 Å². The van der Waals surface area contributed by atoms with E-state index in [1.807, 2.05) is 0 Å². The van der Waals surface area contributed by atoms with Crippen LogP contribution < -0.4 is 10.6 Å². The van der Waals surface area contributed by atoms with Gasteiger partial charge in [-0.3, -0.25) is 4.79 Å². The van der Waals surface area contributed by atoms with E-state index in [2.05, 4.69) is 36.6 Å². The second-order valence-corrected chi connectivity index (χ2v) is 6.94. The summed E-state index contributed by atoms with van der Waals surface area (Å²) in [7, 11) is 4.27. The number of likely N-dealkylation sites (N-methyl/N-ethyl adjacent to an activating group) is 1. The third-order valence-electron chi connectivity index (χ3n) is 5.58. The number of nitrogens with one attached hydrogen (secondary N) is 2. The first-order valence-corrected chi connectivity index (χ1v) is 8.21. The molecule has 1 saturated carbocycles. The van der Waals surface area contributed by atoms with Gasteiger partial charge >= 0.3 is 0 Å². The van der Waals surface area contributed by atoms with Crippen molar-refractivity contribution in [2.24, 2.45) is 5.41 Å². The molecule has 0 atom stereocenters. The first-order chi connectivity index (χ1) is 9.55. The summed E-state index contributed by atoms with van der Waals surface area (Å²) in [6.45, 7) is 4.96. The third-order valence-corrected chi connectivity index (χ3v) is 5.58. The summed E-state index contributed by atoms with van der Waals surface area (Å²) < 4.78 is 0. The summed E-state index contributed by atoms with van der Waals surface area (Å²) in [6.07, 6.45) is 7.80. The van der Waals surface area contributed by atoms with Crippen LogP contribution in [0.15, 0.2) is 0 Å². The Morgan fingerprint density at radius 3 is 2.30 bits per heavy atom. The van der Waals surface area contributed by atoms with Gasteiger partial charge in [0.1, 0.15) is 0 Å². The van der Waals surface area contributed by atoms with Crippen LogP contribution in [0.25, 0.3) is 0 Å². The molecule has 2 fully saturated rings. The summed E-state index contributed by atoms with van der Waals surface area (Å²) in [5, 5.41) is 6.67. The minimum absolute atomic E-state index is 0.114. The first-order valence-electron chi connectivity index (χ1n) is 8.21. The number of piperidine rings is 1. The molecular weight excluding hydrogens is 250 g/mol. The van der Waals surface area contributed by atoms with Crippen molar-refractivity contribution in [2.45, 2.75) is 57.4 Å². The van der Waals surface area contributed by atoms with Crippen LogP contribution in [-0.2, 0) is 4.79 Å². The van der Waals surface area contributed by atoms with Crippen LogP contribution in [0.5, 0.6) is 0 Å². The molecule has 0 aromatic carbocycles. The summed E-state index contributed by atoms with van der Waals surface area (Å²) in [5.74, 6) is 0.300. The second-order valence-electron chi connectivity index (χ2n) is 6.94. The molecule has 1 heterocycles. The molecule has 4 heteroatoms. The van der Waals surface area contributed by atoms with Crippen molar-refractivity contribution < 1.29 is 4.79 Å². The molecule has 0 aromatic rings. The Balaban J connectivity index is 1.95. The van der Waals surface area contributed by atoms with Crippen molar-refractivity contribution in [3.05, 3.63) is 0 Å². The minimum Gasteiger partial charge on any atom is -0.354 e. The SMILES string of the molecule is CCCC1(C(=O)NCC2(N(C)C)CCC2)CCNCC1. The van der Waals surface area contributed by atoms with Crippen molar-refractivity contribution in [3.63, 3.8) is 0 Å². The molecule has 2 rings (SSSR count). The highest BCUT2D eigenvalue weighted by atomic mass is 16.2. The molecule has 0 aromatic heterocycles. The van der Waals surface area contributed by atoms with Gasteiger partial charge in [0.05, 0.1) is 5.41 Å². The number of hydrogen-bond acceptors (Lipinski definition) is 3. The van der Waals surface area contributed by atoms with Crippen LogP contribution in [-0.4, -0.2) is 50.1 Å². The topological polar surface area (TPSA) is 44.4 Å². The zero-order valence-corrected chi connectivity index (χ0v) is 13.4. The van der Waals surface area contributed by atoms with Crippen molar-refractivity contribution in [1.82, 2.24) is 15.5 Å². The lowest BCUT2D eigenvalue weighted by molar-refractivity contribution is -0.134. The lowest BCUT2D eigenvalue weighted by Crippen LogP contribution is -2.59. The molecule has 1 saturated heterocycles. The molecule has 0 radical (unpaired) electrons. The molecule has 20 heavy (non-hydrogen) atoms. The number of hydrogen-bond donors (Lipinski definition) is 2. The van der Waals surface area contributed by atoms with E-state index in [4.69, 9.17) is 0 Å². The maximum absolute atomic E-state index is 12.8. The average Bonchev–Trinajstić information content (AvgIpc) is 2.38. The molecule has 1 amide bonds. The maximum atomic E-state index is 12.8. The predicted molar refractivity (Wildman–Crippen MR) is 82.7 cm³/mol. The average molecular weight is 281 g/mol. The van der Waals surface area contributed by atoms with E-state index < -0.39 is 0 Å². The molecule has 2 aliphatic rings. The third kappa shape index (κ3) is 3.01. The fourth-order valence-corrected chi connectivity index (χ4v) is 3.77. The Morgan fingerprint density at radius 1 is 1.20 bits per heavy atom. The Morgan fingerprint density at radius 2 is 1.85 bits per heavy atom.